The zero-order valence-corrected chi connectivity index (χ0v) is 10.2. The van der Waals surface area contributed by atoms with E-state index in [-0.39, 0.29) is 11.1 Å². The lowest BCUT2D eigenvalue weighted by molar-refractivity contribution is 0.619. The molecule has 0 unspecified atom stereocenters. The summed E-state index contributed by atoms with van der Waals surface area (Å²) in [5.41, 5.74) is 0.278. The molecule has 0 fully saturated rings. The summed E-state index contributed by atoms with van der Waals surface area (Å²) in [5, 5.41) is 0.564. The van der Waals surface area contributed by atoms with Gasteiger partial charge in [0.15, 0.2) is 6.33 Å². The third kappa shape index (κ3) is 1.98. The van der Waals surface area contributed by atoms with Gasteiger partial charge in [0, 0.05) is 6.07 Å². The molecular formula is C13H6ClFN3O. The van der Waals surface area contributed by atoms with E-state index in [1.807, 2.05) is 0 Å². The second-order valence-corrected chi connectivity index (χ2v) is 4.25. The van der Waals surface area contributed by atoms with Gasteiger partial charge in [-0.15, -0.1) is 0 Å². The molecule has 0 saturated carbocycles. The number of nitrogens with zero attached hydrogens (tertiary/aromatic N) is 3. The zero-order valence-electron chi connectivity index (χ0n) is 9.47. The Kier molecular flexibility index (Phi) is 2.76. The smallest absolute Gasteiger partial charge is 0.267 e. The molecule has 0 aliphatic heterocycles. The molecule has 3 rings (SSSR count). The highest BCUT2D eigenvalue weighted by molar-refractivity contribution is 6.35. The van der Waals surface area contributed by atoms with Crippen LogP contribution in [0.4, 0.5) is 4.39 Å². The van der Waals surface area contributed by atoms with Crippen LogP contribution in [0.2, 0.25) is 5.02 Å². The number of halogens is 2. The largest absolute Gasteiger partial charge is 0.268 e. The van der Waals surface area contributed by atoms with Gasteiger partial charge < -0.3 is 0 Å². The lowest BCUT2D eigenvalue weighted by Crippen LogP contribution is -2.19. The lowest BCUT2D eigenvalue weighted by Gasteiger charge is -2.06. The van der Waals surface area contributed by atoms with Crippen molar-refractivity contribution in [3.05, 3.63) is 64.2 Å². The van der Waals surface area contributed by atoms with E-state index in [0.717, 1.165) is 10.8 Å². The van der Waals surface area contributed by atoms with Gasteiger partial charge >= 0.3 is 0 Å². The molecule has 1 radical (unpaired) electrons. The summed E-state index contributed by atoms with van der Waals surface area (Å²) in [6.45, 7) is 0. The molecule has 19 heavy (non-hydrogen) atoms. The summed E-state index contributed by atoms with van der Waals surface area (Å²) in [6, 6.07) is 6.13. The predicted octanol–water partition coefficient (Wildman–Crippen LogP) is 2.37. The topological polar surface area (TPSA) is 47.8 Å². The predicted molar refractivity (Wildman–Crippen MR) is 68.9 cm³/mol. The van der Waals surface area contributed by atoms with Crippen LogP contribution in [0.1, 0.15) is 0 Å². The van der Waals surface area contributed by atoms with E-state index >= 15 is 0 Å². The molecule has 93 valence electrons. The fraction of sp³-hybridized carbons (Fsp3) is 0. The van der Waals surface area contributed by atoms with Crippen LogP contribution in [0.25, 0.3) is 16.6 Å². The summed E-state index contributed by atoms with van der Waals surface area (Å²) in [4.78, 5) is 20.0. The Morgan fingerprint density at radius 3 is 2.95 bits per heavy atom. The SMILES string of the molecule is O=c1c2c(Cl)cccc2n[c]n1-c1cncc(F)c1. The molecule has 3 aromatic rings. The van der Waals surface area contributed by atoms with Crippen LogP contribution in [0.5, 0.6) is 0 Å². The molecule has 1 aromatic carbocycles. The number of benzene rings is 1. The fourth-order valence-electron chi connectivity index (χ4n) is 1.78. The quantitative estimate of drug-likeness (QED) is 0.684. The standard InChI is InChI=1S/C13H6ClFN3O/c14-10-2-1-3-11-12(10)13(19)18(7-17-11)9-4-8(15)5-16-6-9/h1-6H. The van der Waals surface area contributed by atoms with Gasteiger partial charge in [-0.1, -0.05) is 17.7 Å². The number of hydrogen-bond acceptors (Lipinski definition) is 3. The lowest BCUT2D eigenvalue weighted by atomic mass is 10.2. The third-order valence-electron chi connectivity index (χ3n) is 2.63. The summed E-state index contributed by atoms with van der Waals surface area (Å²) in [5.74, 6) is -0.544. The molecule has 6 heteroatoms. The number of pyridine rings is 1. The minimum atomic E-state index is -0.544. The van der Waals surface area contributed by atoms with Crippen molar-refractivity contribution in [2.75, 3.05) is 0 Å². The number of rotatable bonds is 1. The van der Waals surface area contributed by atoms with E-state index in [2.05, 4.69) is 16.3 Å². The Hall–Kier alpha value is -2.27. The Bertz CT molecular complexity index is 831. The molecular weight excluding hydrogens is 269 g/mol. The fourth-order valence-corrected chi connectivity index (χ4v) is 2.03. The van der Waals surface area contributed by atoms with Crippen LogP contribution in [0.3, 0.4) is 0 Å². The van der Waals surface area contributed by atoms with Crippen LogP contribution in [0.15, 0.2) is 41.5 Å². The van der Waals surface area contributed by atoms with Gasteiger partial charge in [-0.3, -0.25) is 14.3 Å². The Morgan fingerprint density at radius 1 is 1.32 bits per heavy atom. The van der Waals surface area contributed by atoms with Gasteiger partial charge in [-0.05, 0) is 12.1 Å². The van der Waals surface area contributed by atoms with Crippen molar-refractivity contribution in [1.29, 1.82) is 0 Å². The van der Waals surface area contributed by atoms with Crippen LogP contribution in [-0.4, -0.2) is 14.5 Å². The third-order valence-corrected chi connectivity index (χ3v) is 2.94. The van der Waals surface area contributed by atoms with E-state index in [1.165, 1.54) is 12.3 Å². The normalized spacial score (nSPS) is 10.8. The van der Waals surface area contributed by atoms with Gasteiger partial charge in [0.1, 0.15) is 5.82 Å². The maximum Gasteiger partial charge on any atom is 0.267 e. The van der Waals surface area contributed by atoms with Gasteiger partial charge in [0.05, 0.1) is 34.0 Å². The summed E-state index contributed by atoms with van der Waals surface area (Å²) in [6.07, 6.45) is 4.94. The number of aromatic nitrogens is 3. The van der Waals surface area contributed by atoms with Crippen molar-refractivity contribution in [3.8, 4) is 5.69 Å². The van der Waals surface area contributed by atoms with E-state index in [0.29, 0.717) is 10.5 Å². The zero-order chi connectivity index (χ0) is 13.4. The second-order valence-electron chi connectivity index (χ2n) is 3.85. The molecule has 2 heterocycles. The molecule has 0 bridgehead atoms. The van der Waals surface area contributed by atoms with E-state index in [4.69, 9.17) is 11.6 Å². The van der Waals surface area contributed by atoms with Crippen molar-refractivity contribution < 1.29 is 4.39 Å². The highest BCUT2D eigenvalue weighted by atomic mass is 35.5. The first-order valence-corrected chi connectivity index (χ1v) is 5.74. The van der Waals surface area contributed by atoms with Gasteiger partial charge in [0.2, 0.25) is 0 Å². The maximum atomic E-state index is 13.1. The molecule has 2 aromatic heterocycles. The molecule has 0 aliphatic carbocycles. The van der Waals surface area contributed by atoms with E-state index < -0.39 is 11.4 Å². The first-order chi connectivity index (χ1) is 9.16. The van der Waals surface area contributed by atoms with Crippen molar-refractivity contribution in [2.24, 2.45) is 0 Å². The molecule has 0 amide bonds. The minimum absolute atomic E-state index is 0.249. The first-order valence-electron chi connectivity index (χ1n) is 5.37. The van der Waals surface area contributed by atoms with Crippen LogP contribution >= 0.6 is 11.6 Å². The molecule has 0 saturated heterocycles. The molecule has 0 N–H and O–H groups in total. The minimum Gasteiger partial charge on any atom is -0.268 e. The van der Waals surface area contributed by atoms with Gasteiger partial charge in [0.25, 0.3) is 5.56 Å². The average Bonchev–Trinajstić information content (AvgIpc) is 2.39. The molecule has 0 aliphatic rings. The Labute approximate surface area is 112 Å². The van der Waals surface area contributed by atoms with Gasteiger partial charge in [-0.2, -0.15) is 0 Å². The summed E-state index contributed by atoms with van der Waals surface area (Å²) >= 11 is 6.00. The van der Waals surface area contributed by atoms with Gasteiger partial charge in [-0.25, -0.2) is 9.37 Å². The Morgan fingerprint density at radius 2 is 2.16 bits per heavy atom. The number of fused-ring (bicyclic) bond motifs is 1. The van der Waals surface area contributed by atoms with Crippen LogP contribution in [0, 0.1) is 12.1 Å². The highest BCUT2D eigenvalue weighted by Crippen LogP contribution is 2.18. The van der Waals surface area contributed by atoms with Crippen molar-refractivity contribution in [3.63, 3.8) is 0 Å². The second kappa shape index (κ2) is 4.44. The molecule has 0 spiro atoms. The number of hydrogen-bond donors (Lipinski definition) is 0. The summed E-state index contributed by atoms with van der Waals surface area (Å²) < 4.78 is 14.2. The van der Waals surface area contributed by atoms with Crippen molar-refractivity contribution in [2.45, 2.75) is 0 Å². The average molecular weight is 275 g/mol. The molecule has 0 atom stereocenters. The highest BCUT2D eigenvalue weighted by Gasteiger charge is 2.10. The molecule has 4 nitrogen and oxygen atoms in total. The van der Waals surface area contributed by atoms with Crippen molar-refractivity contribution >= 4 is 22.5 Å². The monoisotopic (exact) mass is 274 g/mol. The maximum absolute atomic E-state index is 13.1. The van der Waals surface area contributed by atoms with Crippen molar-refractivity contribution in [1.82, 2.24) is 14.5 Å². The van der Waals surface area contributed by atoms with Crippen LogP contribution in [-0.2, 0) is 0 Å². The van der Waals surface area contributed by atoms with E-state index in [9.17, 15) is 9.18 Å². The first kappa shape index (κ1) is 11.8. The summed E-state index contributed by atoms with van der Waals surface area (Å²) in [7, 11) is 0. The van der Waals surface area contributed by atoms with E-state index in [1.54, 1.807) is 18.2 Å². The van der Waals surface area contributed by atoms with Crippen LogP contribution < -0.4 is 5.56 Å². The Balaban J connectivity index is 2.35.